The fourth-order valence-electron chi connectivity index (χ4n) is 2.00. The number of hydrogen-bond donors (Lipinski definition) is 0. The lowest BCUT2D eigenvalue weighted by Gasteiger charge is -2.06. The van der Waals surface area contributed by atoms with E-state index in [0.29, 0.717) is 12.5 Å². The van der Waals surface area contributed by atoms with Crippen LogP contribution in [0, 0.1) is 0 Å². The van der Waals surface area contributed by atoms with Crippen molar-refractivity contribution in [1.82, 2.24) is 0 Å². The zero-order valence-corrected chi connectivity index (χ0v) is 11.5. The third-order valence-corrected chi connectivity index (χ3v) is 3.07. The standard InChI is InChI=1S/C18H20O/c1-3-19-18-11-7-8-16(14-18)13-12-15(2)17-9-5-4-6-10-17/h4-15H,3H2,1-2H3. The maximum absolute atomic E-state index is 5.50. The molecule has 0 aromatic heterocycles. The van der Waals surface area contributed by atoms with Crippen LogP contribution in [0.3, 0.4) is 0 Å². The second-order valence-corrected chi connectivity index (χ2v) is 4.56. The first-order valence-corrected chi connectivity index (χ1v) is 6.75. The highest BCUT2D eigenvalue weighted by Gasteiger charge is 1.99. The minimum atomic E-state index is 0.414. The lowest BCUT2D eigenvalue weighted by molar-refractivity contribution is 0.340. The molecule has 0 heterocycles. The van der Waals surface area contributed by atoms with E-state index in [2.05, 4.69) is 55.5 Å². The molecule has 2 aromatic rings. The second-order valence-electron chi connectivity index (χ2n) is 4.56. The molecule has 0 saturated carbocycles. The van der Waals surface area contributed by atoms with Crippen LogP contribution in [0.25, 0.3) is 6.08 Å². The van der Waals surface area contributed by atoms with Gasteiger partial charge in [0, 0.05) is 0 Å². The molecule has 0 N–H and O–H groups in total. The van der Waals surface area contributed by atoms with Crippen molar-refractivity contribution in [3.05, 3.63) is 71.8 Å². The Bertz CT molecular complexity index is 528. The number of rotatable bonds is 5. The number of ether oxygens (including phenoxy) is 1. The smallest absolute Gasteiger partial charge is 0.119 e. The molecule has 0 amide bonds. The van der Waals surface area contributed by atoms with Crippen LogP contribution in [0.4, 0.5) is 0 Å². The molecular weight excluding hydrogens is 232 g/mol. The Labute approximate surface area is 115 Å². The van der Waals surface area contributed by atoms with Gasteiger partial charge in [-0.05, 0) is 36.1 Å². The average molecular weight is 252 g/mol. The van der Waals surface area contributed by atoms with Gasteiger partial charge in [-0.2, -0.15) is 0 Å². The van der Waals surface area contributed by atoms with Crippen molar-refractivity contribution < 1.29 is 4.74 Å². The quantitative estimate of drug-likeness (QED) is 0.735. The molecule has 0 bridgehead atoms. The average Bonchev–Trinajstić information content (AvgIpc) is 2.46. The molecule has 19 heavy (non-hydrogen) atoms. The third-order valence-electron chi connectivity index (χ3n) is 3.07. The summed E-state index contributed by atoms with van der Waals surface area (Å²) in [5.74, 6) is 1.34. The summed E-state index contributed by atoms with van der Waals surface area (Å²) in [6.07, 6.45) is 4.38. The molecule has 0 fully saturated rings. The van der Waals surface area contributed by atoms with Gasteiger partial charge in [0.1, 0.15) is 5.75 Å². The van der Waals surface area contributed by atoms with Gasteiger partial charge in [-0.25, -0.2) is 0 Å². The Morgan fingerprint density at radius 2 is 1.84 bits per heavy atom. The minimum absolute atomic E-state index is 0.414. The molecule has 1 atom stereocenters. The van der Waals surface area contributed by atoms with E-state index >= 15 is 0 Å². The molecule has 0 saturated heterocycles. The summed E-state index contributed by atoms with van der Waals surface area (Å²) >= 11 is 0. The van der Waals surface area contributed by atoms with Gasteiger partial charge in [-0.15, -0.1) is 0 Å². The van der Waals surface area contributed by atoms with Crippen molar-refractivity contribution in [3.8, 4) is 5.75 Å². The first-order chi connectivity index (χ1) is 9.29. The summed E-state index contributed by atoms with van der Waals surface area (Å²) in [5.41, 5.74) is 2.51. The van der Waals surface area contributed by atoms with E-state index in [1.807, 2.05) is 25.1 Å². The zero-order chi connectivity index (χ0) is 13.5. The minimum Gasteiger partial charge on any atom is -0.494 e. The molecule has 0 aliphatic rings. The lowest BCUT2D eigenvalue weighted by atomic mass is 10.00. The van der Waals surface area contributed by atoms with Crippen LogP contribution in [0.5, 0.6) is 5.75 Å². The van der Waals surface area contributed by atoms with E-state index in [4.69, 9.17) is 4.74 Å². The molecule has 2 aromatic carbocycles. The molecule has 98 valence electrons. The van der Waals surface area contributed by atoms with Crippen molar-refractivity contribution in [2.45, 2.75) is 19.8 Å². The van der Waals surface area contributed by atoms with Gasteiger partial charge in [0.2, 0.25) is 0 Å². The van der Waals surface area contributed by atoms with Gasteiger partial charge in [-0.3, -0.25) is 0 Å². The molecule has 0 radical (unpaired) electrons. The third kappa shape index (κ3) is 3.99. The van der Waals surface area contributed by atoms with Crippen LogP contribution in [0.1, 0.15) is 30.9 Å². The normalized spacial score (nSPS) is 12.5. The Hall–Kier alpha value is -2.02. The molecule has 1 heteroatoms. The van der Waals surface area contributed by atoms with E-state index in [-0.39, 0.29) is 0 Å². The van der Waals surface area contributed by atoms with Crippen LogP contribution in [0.2, 0.25) is 0 Å². The number of hydrogen-bond acceptors (Lipinski definition) is 1. The van der Waals surface area contributed by atoms with Gasteiger partial charge in [-0.1, -0.05) is 61.5 Å². The lowest BCUT2D eigenvalue weighted by Crippen LogP contribution is -1.91. The maximum atomic E-state index is 5.50. The number of benzene rings is 2. The van der Waals surface area contributed by atoms with E-state index in [0.717, 1.165) is 5.75 Å². The highest BCUT2D eigenvalue weighted by atomic mass is 16.5. The summed E-state index contributed by atoms with van der Waals surface area (Å²) < 4.78 is 5.50. The summed E-state index contributed by atoms with van der Waals surface area (Å²) in [6, 6.07) is 18.7. The fourth-order valence-corrected chi connectivity index (χ4v) is 2.00. The zero-order valence-electron chi connectivity index (χ0n) is 11.5. The monoisotopic (exact) mass is 252 g/mol. The van der Waals surface area contributed by atoms with Crippen LogP contribution in [0.15, 0.2) is 60.7 Å². The van der Waals surface area contributed by atoms with Gasteiger partial charge in [0.05, 0.1) is 6.61 Å². The Balaban J connectivity index is 2.08. The van der Waals surface area contributed by atoms with E-state index < -0.39 is 0 Å². The molecule has 0 spiro atoms. The van der Waals surface area contributed by atoms with Crippen LogP contribution >= 0.6 is 0 Å². The summed E-state index contributed by atoms with van der Waals surface area (Å²) in [4.78, 5) is 0. The van der Waals surface area contributed by atoms with Crippen molar-refractivity contribution in [2.24, 2.45) is 0 Å². The largest absolute Gasteiger partial charge is 0.494 e. The Morgan fingerprint density at radius 3 is 2.58 bits per heavy atom. The van der Waals surface area contributed by atoms with Crippen molar-refractivity contribution >= 4 is 6.08 Å². The predicted octanol–water partition coefficient (Wildman–Crippen LogP) is 4.90. The molecule has 1 unspecified atom stereocenters. The molecule has 2 rings (SSSR count). The fraction of sp³-hybridized carbons (Fsp3) is 0.222. The van der Waals surface area contributed by atoms with Crippen LogP contribution in [-0.4, -0.2) is 6.61 Å². The Kier molecular flexibility index (Phi) is 4.79. The highest BCUT2D eigenvalue weighted by molar-refractivity contribution is 5.53. The van der Waals surface area contributed by atoms with Crippen molar-refractivity contribution in [2.75, 3.05) is 6.61 Å². The molecule has 1 nitrogen and oxygen atoms in total. The van der Waals surface area contributed by atoms with Gasteiger partial charge < -0.3 is 4.74 Å². The van der Waals surface area contributed by atoms with Crippen molar-refractivity contribution in [3.63, 3.8) is 0 Å². The summed E-state index contributed by atoms with van der Waals surface area (Å²) in [6.45, 7) is 4.91. The van der Waals surface area contributed by atoms with E-state index in [1.54, 1.807) is 0 Å². The van der Waals surface area contributed by atoms with Gasteiger partial charge in [0.15, 0.2) is 0 Å². The van der Waals surface area contributed by atoms with Gasteiger partial charge >= 0.3 is 0 Å². The van der Waals surface area contributed by atoms with Crippen LogP contribution < -0.4 is 4.74 Å². The second kappa shape index (κ2) is 6.79. The summed E-state index contributed by atoms with van der Waals surface area (Å²) in [7, 11) is 0. The van der Waals surface area contributed by atoms with Crippen LogP contribution in [-0.2, 0) is 0 Å². The first kappa shape index (κ1) is 13.4. The van der Waals surface area contributed by atoms with Gasteiger partial charge in [0.25, 0.3) is 0 Å². The predicted molar refractivity (Wildman–Crippen MR) is 81.5 cm³/mol. The first-order valence-electron chi connectivity index (χ1n) is 6.75. The molecular formula is C18H20O. The van der Waals surface area contributed by atoms with E-state index in [1.165, 1.54) is 11.1 Å². The molecule has 0 aliphatic carbocycles. The SMILES string of the molecule is CCOc1cccc(C=CC(C)c2ccccc2)c1. The Morgan fingerprint density at radius 1 is 1.05 bits per heavy atom. The number of allylic oxidation sites excluding steroid dienone is 1. The molecule has 0 aliphatic heterocycles. The summed E-state index contributed by atoms with van der Waals surface area (Å²) in [5, 5.41) is 0. The highest BCUT2D eigenvalue weighted by Crippen LogP contribution is 2.19. The van der Waals surface area contributed by atoms with E-state index in [9.17, 15) is 0 Å². The maximum Gasteiger partial charge on any atom is 0.119 e. The van der Waals surface area contributed by atoms with Crippen molar-refractivity contribution in [1.29, 1.82) is 0 Å². The topological polar surface area (TPSA) is 9.23 Å².